The molecule has 2 saturated carbocycles. The minimum atomic E-state index is -2.77. The molecule has 0 radical (unpaired) electrons. The topological polar surface area (TPSA) is 217 Å². The predicted molar refractivity (Wildman–Crippen MR) is 171 cm³/mol. The monoisotopic (exact) mass is 664 g/mol. The van der Waals surface area contributed by atoms with Crippen molar-refractivity contribution in [3.8, 4) is 16.9 Å². The summed E-state index contributed by atoms with van der Waals surface area (Å²) < 4.78 is 4.84. The highest BCUT2D eigenvalue weighted by molar-refractivity contribution is 6.26. The summed E-state index contributed by atoms with van der Waals surface area (Å²) in [5.74, 6) is -11.2. The molecule has 2 aromatic carbocycles. The Hall–Kier alpha value is -4.66. The summed E-state index contributed by atoms with van der Waals surface area (Å²) in [7, 11) is 6.67. The Morgan fingerprint density at radius 3 is 2.38 bits per heavy atom. The number of Topliss-reactive ketones (excluding diaryl/α,β-unsaturated/α-hetero) is 3. The van der Waals surface area contributed by atoms with Crippen molar-refractivity contribution in [2.24, 2.45) is 29.4 Å². The Kier molecular flexibility index (Phi) is 9.21. The Morgan fingerprint density at radius 1 is 1.08 bits per heavy atom. The molecule has 0 spiro atoms. The number of carbonyl (C=O) groups excluding carboxylic acids is 6. The molecule has 0 saturated heterocycles. The molecule has 14 heteroatoms. The number of aliphatic hydroxyl groups excluding tert-OH is 1. The summed E-state index contributed by atoms with van der Waals surface area (Å²) in [5, 5.41) is 37.1. The van der Waals surface area contributed by atoms with Gasteiger partial charge in [-0.3, -0.25) is 28.8 Å². The fourth-order valence-electron chi connectivity index (χ4n) is 7.78. The molecule has 2 fully saturated rings. The summed E-state index contributed by atoms with van der Waals surface area (Å²) in [6.45, 7) is 1.46. The van der Waals surface area contributed by atoms with E-state index in [2.05, 4.69) is 5.32 Å². The van der Waals surface area contributed by atoms with Gasteiger partial charge >= 0.3 is 5.97 Å². The number of phenolic OH excluding ortho intramolecular Hbond substituents is 1. The van der Waals surface area contributed by atoms with Crippen LogP contribution in [0.15, 0.2) is 30.3 Å². The Balaban J connectivity index is 1.59. The van der Waals surface area contributed by atoms with E-state index in [1.165, 1.54) is 17.0 Å². The number of anilines is 1. The van der Waals surface area contributed by atoms with E-state index in [4.69, 9.17) is 10.5 Å². The van der Waals surface area contributed by atoms with Crippen molar-refractivity contribution in [2.45, 2.75) is 37.5 Å². The van der Waals surface area contributed by atoms with Crippen LogP contribution in [0.25, 0.3) is 11.1 Å². The van der Waals surface area contributed by atoms with Crippen LogP contribution in [0.3, 0.4) is 0 Å². The molecule has 0 heterocycles. The van der Waals surface area contributed by atoms with E-state index in [1.54, 1.807) is 58.2 Å². The van der Waals surface area contributed by atoms with Crippen molar-refractivity contribution in [3.05, 3.63) is 47.0 Å². The van der Waals surface area contributed by atoms with E-state index in [9.17, 15) is 44.1 Å². The number of amides is 2. The Bertz CT molecular complexity index is 1720. The molecule has 14 nitrogen and oxygen atoms in total. The number of primary amides is 1. The van der Waals surface area contributed by atoms with Crippen molar-refractivity contribution >= 4 is 40.8 Å². The summed E-state index contributed by atoms with van der Waals surface area (Å²) in [6.07, 6.45) is -1.46. The highest BCUT2D eigenvalue weighted by atomic mass is 16.5. The molecule has 0 aromatic heterocycles. The van der Waals surface area contributed by atoms with E-state index in [0.29, 0.717) is 16.8 Å². The number of nitrogens with one attached hydrogen (secondary N) is 1. The number of benzene rings is 2. The average Bonchev–Trinajstić information content (AvgIpc) is 3.01. The van der Waals surface area contributed by atoms with Gasteiger partial charge in [-0.2, -0.15) is 0 Å². The van der Waals surface area contributed by atoms with E-state index in [-0.39, 0.29) is 42.7 Å². The molecule has 3 aliphatic carbocycles. The maximum atomic E-state index is 14.4. The van der Waals surface area contributed by atoms with E-state index < -0.39 is 82.3 Å². The number of aliphatic hydroxyl groups is 2. The number of likely N-dealkylation sites (N-methyl/N-ethyl adjacent to an activating group) is 1. The Morgan fingerprint density at radius 2 is 1.77 bits per heavy atom. The lowest BCUT2D eigenvalue weighted by Gasteiger charge is -2.55. The molecule has 2 amide bonds. The number of hydrogen-bond donors (Lipinski definition) is 5. The molecule has 3 unspecified atom stereocenters. The molecule has 7 atom stereocenters. The van der Waals surface area contributed by atoms with Crippen molar-refractivity contribution in [1.29, 1.82) is 0 Å². The second kappa shape index (κ2) is 12.7. The van der Waals surface area contributed by atoms with Crippen molar-refractivity contribution in [2.75, 3.05) is 46.2 Å². The van der Waals surface area contributed by atoms with Gasteiger partial charge in [0.15, 0.2) is 23.0 Å². The second-order valence-corrected chi connectivity index (χ2v) is 13.1. The number of esters is 1. The number of ketones is 3. The van der Waals surface area contributed by atoms with Crippen LogP contribution in [0.4, 0.5) is 5.69 Å². The van der Waals surface area contributed by atoms with E-state index in [0.717, 1.165) is 0 Å². The molecule has 0 bridgehead atoms. The minimum absolute atomic E-state index is 0.00640. The third-order valence-electron chi connectivity index (χ3n) is 9.88. The highest BCUT2D eigenvalue weighted by Gasteiger charge is 2.69. The second-order valence-electron chi connectivity index (χ2n) is 13.1. The van der Waals surface area contributed by atoms with Gasteiger partial charge in [-0.05, 0) is 69.1 Å². The van der Waals surface area contributed by atoms with Crippen molar-refractivity contribution in [1.82, 2.24) is 10.2 Å². The number of phenols is 1. The zero-order valence-electron chi connectivity index (χ0n) is 27.4. The molecule has 0 aliphatic heterocycles. The van der Waals surface area contributed by atoms with Crippen LogP contribution in [0.1, 0.15) is 39.6 Å². The van der Waals surface area contributed by atoms with Gasteiger partial charge in [0.1, 0.15) is 18.2 Å². The number of nitrogens with two attached hydrogens (primary N) is 1. The molecule has 5 rings (SSSR count). The van der Waals surface area contributed by atoms with E-state index >= 15 is 0 Å². The fourth-order valence-corrected chi connectivity index (χ4v) is 7.78. The van der Waals surface area contributed by atoms with Gasteiger partial charge in [-0.25, -0.2) is 0 Å². The summed E-state index contributed by atoms with van der Waals surface area (Å²) in [6, 6.07) is 6.85. The van der Waals surface area contributed by atoms with Crippen molar-refractivity contribution in [3.63, 3.8) is 0 Å². The standard InChI is InChI=1S/C34H40N4O10/c1-6-48-22(39)14-36-33(46)16-9-7-8-15(10-16)18-13-21(37(2)3)19-11-17-12-20-26(38(4)5)29(42)25(32(35)45)31(44)34(20,47)30(43)23(17)28(41)24(19)27(18)40/h7-10,13,17,20,23,25-26,29,40,42,47H,6,11-12,14H2,1-5H3,(H2,35,45)(H,36,46)/t17-,20-,23?,25?,26-,29?,34-/m1/s1. The highest BCUT2D eigenvalue weighted by Crippen LogP contribution is 2.53. The van der Waals surface area contributed by atoms with Crippen LogP contribution in [-0.4, -0.2) is 114 Å². The first-order chi connectivity index (χ1) is 22.6. The molecular weight excluding hydrogens is 624 g/mol. The first kappa shape index (κ1) is 34.7. The lowest BCUT2D eigenvalue weighted by Crippen LogP contribution is -2.75. The maximum Gasteiger partial charge on any atom is 0.325 e. The molecular formula is C34H40N4O10. The normalized spacial score (nSPS) is 27.9. The van der Waals surface area contributed by atoms with Crippen LogP contribution in [0, 0.1) is 23.7 Å². The Labute approximate surface area is 276 Å². The quantitative estimate of drug-likeness (QED) is 0.181. The average molecular weight is 665 g/mol. The summed E-state index contributed by atoms with van der Waals surface area (Å²) in [5.41, 5.74) is 4.27. The fraction of sp³-hybridized carbons (Fsp3) is 0.471. The number of nitrogens with zero attached hydrogens (tertiary/aromatic N) is 2. The molecule has 2 aromatic rings. The van der Waals surface area contributed by atoms with Crippen LogP contribution < -0.4 is 16.0 Å². The van der Waals surface area contributed by atoms with Crippen LogP contribution in [0.2, 0.25) is 0 Å². The lowest BCUT2D eigenvalue weighted by atomic mass is 9.52. The zero-order valence-corrected chi connectivity index (χ0v) is 27.4. The number of carbonyl (C=O) groups is 6. The number of rotatable bonds is 8. The smallest absolute Gasteiger partial charge is 0.325 e. The molecule has 6 N–H and O–H groups in total. The maximum absolute atomic E-state index is 14.4. The van der Waals surface area contributed by atoms with Crippen LogP contribution >= 0.6 is 0 Å². The van der Waals surface area contributed by atoms with Gasteiger partial charge in [0.2, 0.25) is 5.91 Å². The summed E-state index contributed by atoms with van der Waals surface area (Å²) >= 11 is 0. The lowest BCUT2D eigenvalue weighted by molar-refractivity contribution is -0.190. The molecule has 3 aliphatic rings. The summed E-state index contributed by atoms with van der Waals surface area (Å²) in [4.78, 5) is 82.3. The zero-order chi connectivity index (χ0) is 35.4. The van der Waals surface area contributed by atoms with Gasteiger partial charge in [0, 0.05) is 42.9 Å². The van der Waals surface area contributed by atoms with Gasteiger partial charge in [-0.1, -0.05) is 12.1 Å². The van der Waals surface area contributed by atoms with Gasteiger partial charge in [-0.15, -0.1) is 0 Å². The van der Waals surface area contributed by atoms with Gasteiger partial charge < -0.3 is 40.9 Å². The molecule has 256 valence electrons. The van der Waals surface area contributed by atoms with E-state index in [1.807, 2.05) is 0 Å². The van der Waals surface area contributed by atoms with Gasteiger partial charge in [0.25, 0.3) is 5.91 Å². The predicted octanol–water partition coefficient (Wildman–Crippen LogP) is -0.315. The number of fused-ring (bicyclic) bond motifs is 3. The first-order valence-corrected chi connectivity index (χ1v) is 15.7. The molecule has 48 heavy (non-hydrogen) atoms. The van der Waals surface area contributed by atoms with Crippen molar-refractivity contribution < 1.29 is 48.8 Å². The third-order valence-corrected chi connectivity index (χ3v) is 9.88. The van der Waals surface area contributed by atoms with Crippen LogP contribution in [-0.2, 0) is 30.3 Å². The number of aromatic hydroxyl groups is 1. The third kappa shape index (κ3) is 5.43. The van der Waals surface area contributed by atoms with Crippen LogP contribution in [0.5, 0.6) is 5.75 Å². The largest absolute Gasteiger partial charge is 0.507 e. The number of ether oxygens (including phenoxy) is 1. The SMILES string of the molecule is CCOC(=O)CNC(=O)c1cccc(-c2cc(N(C)C)c3c(c2O)C(=O)C2C(=O)[C@@]4(O)C(=O)C(C(N)=O)C(O)[C@H](N(C)C)[C@H]4C[C@H]2C3)c1. The minimum Gasteiger partial charge on any atom is -0.507 e. The van der Waals surface area contributed by atoms with Gasteiger partial charge in [0.05, 0.1) is 24.2 Å². The number of hydrogen-bond acceptors (Lipinski definition) is 12. The first-order valence-electron chi connectivity index (χ1n) is 15.7.